The summed E-state index contributed by atoms with van der Waals surface area (Å²) in [4.78, 5) is 31.7. The van der Waals surface area contributed by atoms with Crippen LogP contribution in [0.1, 0.15) is 75.2 Å². The number of piperidine rings is 1. The van der Waals surface area contributed by atoms with Gasteiger partial charge in [-0.15, -0.1) is 30.7 Å². The lowest BCUT2D eigenvalue weighted by Gasteiger charge is -2.51. The fourth-order valence-corrected chi connectivity index (χ4v) is 6.71. The molecule has 2 aliphatic heterocycles. The van der Waals surface area contributed by atoms with Gasteiger partial charge in [-0.1, -0.05) is 56.2 Å². The SMILES string of the molecule is CC#CCN1C(=O)C(CC2CCCCC2)NC(=O)C12CCN(Cc1c(C)nn(-c3ccccc3)c1C)CC2.Cl.Cl. The molecule has 40 heavy (non-hydrogen) atoms. The number of hydrogen-bond acceptors (Lipinski definition) is 4. The summed E-state index contributed by atoms with van der Waals surface area (Å²) in [6, 6.07) is 9.80. The van der Waals surface area contributed by atoms with Crippen LogP contribution in [-0.2, 0) is 16.1 Å². The molecule has 1 N–H and O–H groups in total. The lowest BCUT2D eigenvalue weighted by atomic mass is 9.79. The predicted molar refractivity (Wildman–Crippen MR) is 163 cm³/mol. The summed E-state index contributed by atoms with van der Waals surface area (Å²) < 4.78 is 2.01. The van der Waals surface area contributed by atoms with Crippen LogP contribution in [0.4, 0.5) is 0 Å². The van der Waals surface area contributed by atoms with E-state index in [1.807, 2.05) is 27.8 Å². The number of nitrogens with one attached hydrogen (secondary N) is 1. The Bertz CT molecular complexity index is 1220. The Kier molecular flexibility index (Phi) is 11.1. The highest BCUT2D eigenvalue weighted by Crippen LogP contribution is 2.36. The predicted octanol–water partition coefficient (Wildman–Crippen LogP) is 4.99. The first-order valence-electron chi connectivity index (χ1n) is 14.3. The van der Waals surface area contributed by atoms with Crippen molar-refractivity contribution in [3.8, 4) is 17.5 Å². The number of piperazine rings is 1. The third-order valence-electron chi connectivity index (χ3n) is 9.02. The molecule has 1 saturated carbocycles. The number of carbonyl (C=O) groups is 2. The van der Waals surface area contributed by atoms with Crippen molar-refractivity contribution in [3.63, 3.8) is 0 Å². The first-order valence-corrected chi connectivity index (χ1v) is 14.3. The van der Waals surface area contributed by atoms with Gasteiger partial charge in [0.05, 0.1) is 17.9 Å². The highest BCUT2D eigenvalue weighted by Gasteiger charge is 2.53. The van der Waals surface area contributed by atoms with E-state index in [0.717, 1.165) is 56.0 Å². The second-order valence-corrected chi connectivity index (χ2v) is 11.3. The van der Waals surface area contributed by atoms with Crippen molar-refractivity contribution in [2.45, 2.75) is 90.3 Å². The molecule has 2 amide bonds. The lowest BCUT2D eigenvalue weighted by molar-refractivity contribution is -0.160. The molecule has 5 rings (SSSR count). The van der Waals surface area contributed by atoms with E-state index in [0.29, 0.717) is 25.3 Å². The van der Waals surface area contributed by atoms with E-state index in [-0.39, 0.29) is 36.6 Å². The summed E-state index contributed by atoms with van der Waals surface area (Å²) in [5, 5.41) is 7.99. The van der Waals surface area contributed by atoms with E-state index in [1.165, 1.54) is 24.8 Å². The second kappa shape index (κ2) is 13.9. The van der Waals surface area contributed by atoms with Crippen molar-refractivity contribution in [2.75, 3.05) is 19.6 Å². The van der Waals surface area contributed by atoms with Crippen molar-refractivity contribution in [3.05, 3.63) is 47.3 Å². The van der Waals surface area contributed by atoms with Gasteiger partial charge in [-0.2, -0.15) is 5.10 Å². The van der Waals surface area contributed by atoms with Gasteiger partial charge in [0.15, 0.2) is 0 Å². The molecule has 1 aromatic heterocycles. The molecular weight excluding hydrogens is 545 g/mol. The molecule has 9 heteroatoms. The maximum atomic E-state index is 13.7. The number of halogens is 2. The zero-order valence-electron chi connectivity index (χ0n) is 23.9. The molecule has 218 valence electrons. The number of aryl methyl sites for hydroxylation is 1. The molecule has 1 atom stereocenters. The first kappa shape index (κ1) is 32.0. The Morgan fingerprint density at radius 1 is 1.02 bits per heavy atom. The standard InChI is InChI=1S/C31H41N5O2.2ClH/c1-4-5-18-35-29(37)28(21-25-12-8-6-9-13-25)32-30(38)31(35)16-19-34(20-17-31)22-27-23(2)33-36(24(27)3)26-14-10-7-11-15-26;;/h7,10-11,14-15,25,28H,6,8-9,12-13,16-22H2,1-3H3,(H,32,38);2*1H. The topological polar surface area (TPSA) is 70.5 Å². The summed E-state index contributed by atoms with van der Waals surface area (Å²) in [5.74, 6) is 6.64. The van der Waals surface area contributed by atoms with E-state index < -0.39 is 11.6 Å². The van der Waals surface area contributed by atoms with Crippen LogP contribution in [0.5, 0.6) is 0 Å². The molecule has 1 aromatic carbocycles. The number of nitrogens with zero attached hydrogens (tertiary/aromatic N) is 4. The molecule has 0 radical (unpaired) electrons. The van der Waals surface area contributed by atoms with Gasteiger partial charge in [0.2, 0.25) is 11.8 Å². The molecular formula is C31H43Cl2N5O2. The molecule has 3 heterocycles. The van der Waals surface area contributed by atoms with E-state index >= 15 is 0 Å². The van der Waals surface area contributed by atoms with Crippen LogP contribution < -0.4 is 5.32 Å². The number of amides is 2. The van der Waals surface area contributed by atoms with Crippen molar-refractivity contribution < 1.29 is 9.59 Å². The number of likely N-dealkylation sites (tertiary alicyclic amines) is 1. The van der Waals surface area contributed by atoms with Crippen LogP contribution in [0.25, 0.3) is 5.69 Å². The Labute approximate surface area is 251 Å². The number of rotatable bonds is 6. The largest absolute Gasteiger partial charge is 0.342 e. The Balaban J connectivity index is 0.00000220. The Morgan fingerprint density at radius 3 is 2.35 bits per heavy atom. The minimum atomic E-state index is -0.807. The molecule has 1 aliphatic carbocycles. The second-order valence-electron chi connectivity index (χ2n) is 11.3. The number of carbonyl (C=O) groups excluding carboxylic acids is 2. The lowest BCUT2D eigenvalue weighted by Crippen LogP contribution is -2.73. The maximum absolute atomic E-state index is 13.7. The van der Waals surface area contributed by atoms with Gasteiger partial charge in [0.25, 0.3) is 0 Å². The third kappa shape index (κ3) is 6.35. The van der Waals surface area contributed by atoms with E-state index in [1.54, 1.807) is 6.92 Å². The fourth-order valence-electron chi connectivity index (χ4n) is 6.71. The number of aromatic nitrogens is 2. The van der Waals surface area contributed by atoms with Crippen LogP contribution >= 0.6 is 24.8 Å². The fraction of sp³-hybridized carbons (Fsp3) is 0.581. The summed E-state index contributed by atoms with van der Waals surface area (Å²) in [6.07, 6.45) is 8.07. The highest BCUT2D eigenvalue weighted by atomic mass is 35.5. The molecule has 2 saturated heterocycles. The molecule has 3 aliphatic rings. The van der Waals surface area contributed by atoms with Crippen molar-refractivity contribution >= 4 is 36.6 Å². The Morgan fingerprint density at radius 2 is 1.70 bits per heavy atom. The monoisotopic (exact) mass is 587 g/mol. The van der Waals surface area contributed by atoms with Gasteiger partial charge in [-0.3, -0.25) is 14.5 Å². The number of benzene rings is 1. The molecule has 2 aromatic rings. The van der Waals surface area contributed by atoms with Gasteiger partial charge < -0.3 is 10.2 Å². The summed E-state index contributed by atoms with van der Waals surface area (Å²) in [7, 11) is 0. The van der Waals surface area contributed by atoms with Gasteiger partial charge >= 0.3 is 0 Å². The zero-order valence-corrected chi connectivity index (χ0v) is 25.6. The van der Waals surface area contributed by atoms with Crippen molar-refractivity contribution in [2.24, 2.45) is 5.92 Å². The Hall–Kier alpha value is -2.53. The minimum Gasteiger partial charge on any atom is -0.342 e. The normalized spacial score (nSPS) is 21.2. The van der Waals surface area contributed by atoms with Crippen molar-refractivity contribution in [1.82, 2.24) is 24.9 Å². The quantitative estimate of drug-likeness (QED) is 0.483. The smallest absolute Gasteiger partial charge is 0.246 e. The summed E-state index contributed by atoms with van der Waals surface area (Å²) in [5.41, 5.74) is 3.66. The number of hydrogen-bond donors (Lipinski definition) is 1. The van der Waals surface area contributed by atoms with Crippen LogP contribution in [0.2, 0.25) is 0 Å². The molecule has 1 unspecified atom stereocenters. The summed E-state index contributed by atoms with van der Waals surface area (Å²) in [6.45, 7) is 8.60. The molecule has 7 nitrogen and oxygen atoms in total. The van der Waals surface area contributed by atoms with Crippen LogP contribution in [0.3, 0.4) is 0 Å². The van der Waals surface area contributed by atoms with Gasteiger partial charge in [-0.25, -0.2) is 4.68 Å². The van der Waals surface area contributed by atoms with Crippen LogP contribution in [0, 0.1) is 31.6 Å². The maximum Gasteiger partial charge on any atom is 0.246 e. The summed E-state index contributed by atoms with van der Waals surface area (Å²) >= 11 is 0. The highest BCUT2D eigenvalue weighted by molar-refractivity contribution is 6.00. The van der Waals surface area contributed by atoms with E-state index in [9.17, 15) is 9.59 Å². The number of para-hydroxylation sites is 1. The van der Waals surface area contributed by atoms with Crippen molar-refractivity contribution in [1.29, 1.82) is 0 Å². The first-order chi connectivity index (χ1) is 18.4. The van der Waals surface area contributed by atoms with E-state index in [2.05, 4.69) is 48.0 Å². The third-order valence-corrected chi connectivity index (χ3v) is 9.02. The average Bonchev–Trinajstić information content (AvgIpc) is 3.22. The van der Waals surface area contributed by atoms with E-state index in [4.69, 9.17) is 5.10 Å². The minimum absolute atomic E-state index is 0. The van der Waals surface area contributed by atoms with Crippen LogP contribution in [-0.4, -0.2) is 62.6 Å². The molecule has 1 spiro atoms. The zero-order chi connectivity index (χ0) is 26.7. The van der Waals surface area contributed by atoms with Gasteiger partial charge in [-0.05, 0) is 58.1 Å². The molecule has 0 bridgehead atoms. The van der Waals surface area contributed by atoms with Crippen LogP contribution in [0.15, 0.2) is 30.3 Å². The average molecular weight is 589 g/mol. The molecule has 3 fully saturated rings. The van der Waals surface area contributed by atoms with Gasteiger partial charge in [0.1, 0.15) is 11.6 Å². The van der Waals surface area contributed by atoms with Gasteiger partial charge in [0, 0.05) is 30.9 Å².